The van der Waals surface area contributed by atoms with Crippen LogP contribution in [-0.2, 0) is 20.1 Å². The molecule has 0 bridgehead atoms. The van der Waals surface area contributed by atoms with Crippen molar-refractivity contribution in [2.24, 2.45) is 0 Å². The molecule has 8 heteroatoms. The fraction of sp³-hybridized carbons (Fsp3) is 0. The van der Waals surface area contributed by atoms with E-state index < -0.39 is 20.1 Å². The van der Waals surface area contributed by atoms with Crippen LogP contribution >= 0.6 is 0 Å². The van der Waals surface area contributed by atoms with Crippen molar-refractivity contribution in [2.75, 3.05) is 0 Å². The molecule has 0 aromatic heterocycles. The SMILES string of the molecule is O.O.O.O.[F][Nb]([F])[F]. The summed E-state index contributed by atoms with van der Waals surface area (Å²) in [5, 5.41) is 0. The van der Waals surface area contributed by atoms with Gasteiger partial charge in [0, 0.05) is 0 Å². The van der Waals surface area contributed by atoms with Crippen LogP contribution in [0.25, 0.3) is 0 Å². The van der Waals surface area contributed by atoms with Crippen LogP contribution in [0, 0.1) is 0 Å². The van der Waals surface area contributed by atoms with Crippen molar-refractivity contribution in [3.8, 4) is 0 Å². The van der Waals surface area contributed by atoms with Gasteiger partial charge < -0.3 is 21.9 Å². The summed E-state index contributed by atoms with van der Waals surface area (Å²) in [6.07, 6.45) is 0. The Bertz CT molecular complexity index is 16.0. The number of rotatable bonds is 0. The second kappa shape index (κ2) is 26.3. The molecule has 0 unspecified atom stereocenters. The molecule has 8 heavy (non-hydrogen) atoms. The van der Waals surface area contributed by atoms with Gasteiger partial charge in [-0.15, -0.1) is 0 Å². The molecule has 0 fully saturated rings. The number of hydrogen-bond donors (Lipinski definition) is 0. The van der Waals surface area contributed by atoms with Gasteiger partial charge in [-0.1, -0.05) is 0 Å². The topological polar surface area (TPSA) is 126 Å². The van der Waals surface area contributed by atoms with E-state index in [9.17, 15) is 9.07 Å². The number of hydrogen-bond acceptors (Lipinski definition) is 0. The van der Waals surface area contributed by atoms with E-state index in [1.807, 2.05) is 0 Å². The molecule has 0 saturated carbocycles. The third-order valence-electron chi connectivity index (χ3n) is 0. The summed E-state index contributed by atoms with van der Waals surface area (Å²) < 4.78 is 29.6. The van der Waals surface area contributed by atoms with Crippen molar-refractivity contribution in [1.29, 1.82) is 0 Å². The van der Waals surface area contributed by atoms with Crippen LogP contribution in [-0.4, -0.2) is 21.9 Å². The van der Waals surface area contributed by atoms with Crippen LogP contribution < -0.4 is 0 Å². The molecule has 0 aliphatic rings. The third kappa shape index (κ3) is 1340. The second-order valence-corrected chi connectivity index (χ2v) is 1.13. The predicted molar refractivity (Wildman–Crippen MR) is 17.8 cm³/mol. The van der Waals surface area contributed by atoms with Crippen molar-refractivity contribution in [3.63, 3.8) is 0 Å². The summed E-state index contributed by atoms with van der Waals surface area (Å²) in [5.74, 6) is 0. The Morgan fingerprint density at radius 2 is 0.625 bits per heavy atom. The molecule has 0 aromatic rings. The van der Waals surface area contributed by atoms with Gasteiger partial charge in [0.05, 0.1) is 0 Å². The zero-order valence-corrected chi connectivity index (χ0v) is 5.78. The van der Waals surface area contributed by atoms with Gasteiger partial charge in [-0.3, -0.25) is 0 Å². The molecule has 0 heterocycles. The maximum absolute atomic E-state index is 9.85. The van der Waals surface area contributed by atoms with Crippen molar-refractivity contribution >= 4 is 0 Å². The average molecular weight is 222 g/mol. The van der Waals surface area contributed by atoms with Crippen LogP contribution in [0.4, 0.5) is 9.07 Å². The Labute approximate surface area is 51.8 Å². The van der Waals surface area contributed by atoms with Crippen LogP contribution in [0.3, 0.4) is 0 Å². The fourth-order valence-corrected chi connectivity index (χ4v) is 0. The third-order valence-corrected chi connectivity index (χ3v) is 0. The van der Waals surface area contributed by atoms with E-state index in [2.05, 4.69) is 0 Å². The maximum atomic E-state index is 9.85. The molecule has 0 aliphatic carbocycles. The first-order valence-electron chi connectivity index (χ1n) is 0.507. The van der Waals surface area contributed by atoms with Gasteiger partial charge in [0.15, 0.2) is 0 Å². The van der Waals surface area contributed by atoms with Crippen LogP contribution in [0.1, 0.15) is 0 Å². The Balaban J connectivity index is -0.00000000750. The molecule has 0 radical (unpaired) electrons. The minimum absolute atomic E-state index is 0. The monoisotopic (exact) mass is 222 g/mol. The molecule has 8 N–H and O–H groups in total. The van der Waals surface area contributed by atoms with E-state index in [0.717, 1.165) is 0 Å². The Kier molecular flexibility index (Phi) is 132. The standard InChI is InChI=1S/3FH.Nb.4H2O/h3*1H;;4*1H2/q;;;+3;;;;/p-3. The Morgan fingerprint density at radius 3 is 0.625 bits per heavy atom. The molecular weight excluding hydrogens is 214 g/mol. The summed E-state index contributed by atoms with van der Waals surface area (Å²) in [6.45, 7) is 0. The molecule has 4 nitrogen and oxygen atoms in total. The van der Waals surface area contributed by atoms with Gasteiger partial charge in [-0.05, 0) is 0 Å². The van der Waals surface area contributed by atoms with Gasteiger partial charge in [-0.25, -0.2) is 0 Å². The van der Waals surface area contributed by atoms with Gasteiger partial charge in [-0.2, -0.15) is 0 Å². The zero-order valence-electron chi connectivity index (χ0n) is 3.58. The predicted octanol–water partition coefficient (Wildman–Crippen LogP) is -2.04. The van der Waals surface area contributed by atoms with Crippen molar-refractivity contribution in [2.45, 2.75) is 0 Å². The minimum atomic E-state index is -4.95. The summed E-state index contributed by atoms with van der Waals surface area (Å²) in [5.41, 5.74) is 0. The van der Waals surface area contributed by atoms with Gasteiger partial charge in [0.25, 0.3) is 0 Å². The molecule has 0 rings (SSSR count). The van der Waals surface area contributed by atoms with E-state index >= 15 is 0 Å². The Morgan fingerprint density at radius 1 is 0.625 bits per heavy atom. The molecule has 0 atom stereocenters. The molecule has 0 saturated heterocycles. The quantitative estimate of drug-likeness (QED) is 0.418. The van der Waals surface area contributed by atoms with Crippen LogP contribution in [0.2, 0.25) is 0 Å². The van der Waals surface area contributed by atoms with E-state index in [1.54, 1.807) is 0 Å². The summed E-state index contributed by atoms with van der Waals surface area (Å²) >= 11 is -4.95. The summed E-state index contributed by atoms with van der Waals surface area (Å²) in [6, 6.07) is 0. The van der Waals surface area contributed by atoms with Crippen LogP contribution in [0.15, 0.2) is 0 Å². The molecule has 0 aliphatic heterocycles. The van der Waals surface area contributed by atoms with Gasteiger partial charge in [0.2, 0.25) is 0 Å². The van der Waals surface area contributed by atoms with E-state index in [4.69, 9.17) is 0 Å². The normalized spacial score (nSPS) is 4.50. The van der Waals surface area contributed by atoms with Crippen molar-refractivity contribution < 1.29 is 51.1 Å². The summed E-state index contributed by atoms with van der Waals surface area (Å²) in [7, 11) is 0. The van der Waals surface area contributed by atoms with E-state index in [1.165, 1.54) is 0 Å². The first-order valence-corrected chi connectivity index (χ1v) is 3.00. The second-order valence-electron chi connectivity index (χ2n) is 0.192. The summed E-state index contributed by atoms with van der Waals surface area (Å²) in [4.78, 5) is 0. The van der Waals surface area contributed by atoms with Crippen LogP contribution in [0.5, 0.6) is 0 Å². The molecule has 0 amide bonds. The van der Waals surface area contributed by atoms with E-state index in [-0.39, 0.29) is 21.9 Å². The molecule has 0 aromatic carbocycles. The first-order chi connectivity index (χ1) is 1.73. The fourth-order valence-electron chi connectivity index (χ4n) is 0. The molecular formula is H8F3NbO4. The molecule has 0 spiro atoms. The first kappa shape index (κ1) is 40.0. The molecule has 58 valence electrons. The van der Waals surface area contributed by atoms with E-state index in [0.29, 0.717) is 0 Å². The average Bonchev–Trinajstić information content (AvgIpc) is 0.811. The Hall–Kier alpha value is 0.370. The van der Waals surface area contributed by atoms with Crippen molar-refractivity contribution in [1.82, 2.24) is 0 Å². The van der Waals surface area contributed by atoms with Gasteiger partial charge >= 0.3 is 29.2 Å². The van der Waals surface area contributed by atoms with Crippen molar-refractivity contribution in [3.05, 3.63) is 0 Å². The zero-order chi connectivity index (χ0) is 3.58. The van der Waals surface area contributed by atoms with Gasteiger partial charge in [0.1, 0.15) is 0 Å². The number of halogens is 3.